The second kappa shape index (κ2) is 29.9. The van der Waals surface area contributed by atoms with Crippen molar-refractivity contribution in [3.8, 4) is 16.9 Å². The van der Waals surface area contributed by atoms with E-state index >= 15 is 0 Å². The highest BCUT2D eigenvalue weighted by Gasteiger charge is 2.18. The molecule has 0 bridgehead atoms. The number of ether oxygens (including phenoxy) is 1. The topological polar surface area (TPSA) is 146 Å². The van der Waals surface area contributed by atoms with Crippen LogP contribution in [0.4, 0.5) is 17.5 Å². The van der Waals surface area contributed by atoms with Crippen molar-refractivity contribution >= 4 is 29.3 Å². The first-order chi connectivity index (χ1) is 35.9. The van der Waals surface area contributed by atoms with Gasteiger partial charge in [-0.15, -0.1) is 0 Å². The summed E-state index contributed by atoms with van der Waals surface area (Å²) in [4.78, 5) is 47.0. The molecule has 0 spiro atoms. The van der Waals surface area contributed by atoms with Gasteiger partial charge in [0.2, 0.25) is 11.8 Å². The van der Waals surface area contributed by atoms with Crippen molar-refractivity contribution in [2.24, 2.45) is 0 Å². The number of hydrogen-bond acceptors (Lipinski definition) is 10. The SMILES string of the molecule is CCCCCC(=O)Nc1cccc(CN(Cc2cc(CC(Cc3ccccn3)Nc3cccc(NC(=O)CCCCC)n3)cc(OCCCCNCc3ccc(-c4ccccc4)cc3)c2)Cc2ccccn2)n1. The molecule has 0 saturated carbocycles. The van der Waals surface area contributed by atoms with E-state index < -0.39 is 0 Å². The highest BCUT2D eigenvalue weighted by molar-refractivity contribution is 5.90. The Balaban J connectivity index is 1.08. The van der Waals surface area contributed by atoms with Crippen LogP contribution in [-0.4, -0.2) is 55.8 Å². The molecule has 380 valence electrons. The molecule has 1 atom stereocenters. The number of amides is 2. The van der Waals surface area contributed by atoms with Gasteiger partial charge in [0.1, 0.15) is 23.2 Å². The van der Waals surface area contributed by atoms with Crippen LogP contribution in [0.1, 0.15) is 112 Å². The minimum Gasteiger partial charge on any atom is -0.494 e. The molecule has 0 aliphatic rings. The van der Waals surface area contributed by atoms with Crippen LogP contribution in [0.15, 0.2) is 158 Å². The van der Waals surface area contributed by atoms with E-state index in [0.29, 0.717) is 69.4 Å². The highest BCUT2D eigenvalue weighted by Crippen LogP contribution is 2.25. The zero-order chi connectivity index (χ0) is 50.7. The number of anilines is 3. The molecule has 4 aromatic heterocycles. The van der Waals surface area contributed by atoms with Gasteiger partial charge in [-0.05, 0) is 127 Å². The van der Waals surface area contributed by atoms with Gasteiger partial charge in [0.15, 0.2) is 0 Å². The Morgan fingerprint density at radius 2 is 1.15 bits per heavy atom. The van der Waals surface area contributed by atoms with E-state index in [-0.39, 0.29) is 17.9 Å². The Morgan fingerprint density at radius 3 is 1.85 bits per heavy atom. The second-order valence-electron chi connectivity index (χ2n) is 18.8. The molecular weight excluding hydrogens is 907 g/mol. The lowest BCUT2D eigenvalue weighted by Crippen LogP contribution is -2.27. The molecule has 0 aliphatic heterocycles. The molecule has 12 heteroatoms. The first-order valence-corrected chi connectivity index (χ1v) is 26.3. The summed E-state index contributed by atoms with van der Waals surface area (Å²) >= 11 is 0. The van der Waals surface area contributed by atoms with Crippen molar-refractivity contribution in [3.63, 3.8) is 0 Å². The number of unbranched alkanes of at least 4 members (excludes halogenated alkanes) is 5. The Labute approximate surface area is 432 Å². The fourth-order valence-corrected chi connectivity index (χ4v) is 8.76. The number of rotatable bonds is 31. The van der Waals surface area contributed by atoms with Crippen molar-refractivity contribution in [3.05, 3.63) is 192 Å². The van der Waals surface area contributed by atoms with Crippen LogP contribution in [0.3, 0.4) is 0 Å². The monoisotopic (exact) mass is 980 g/mol. The average molecular weight is 980 g/mol. The summed E-state index contributed by atoms with van der Waals surface area (Å²) in [7, 11) is 0. The van der Waals surface area contributed by atoms with Gasteiger partial charge in [0, 0.05) is 69.6 Å². The lowest BCUT2D eigenvalue weighted by atomic mass is 9.99. The second-order valence-corrected chi connectivity index (χ2v) is 18.8. The smallest absolute Gasteiger partial charge is 0.225 e. The molecule has 3 aromatic carbocycles. The van der Waals surface area contributed by atoms with Gasteiger partial charge in [-0.1, -0.05) is 124 Å². The maximum atomic E-state index is 12.8. The number of carbonyl (C=O) groups is 2. The third kappa shape index (κ3) is 19.3. The molecule has 4 N–H and O–H groups in total. The van der Waals surface area contributed by atoms with Crippen LogP contribution in [0, 0.1) is 0 Å². The van der Waals surface area contributed by atoms with Crippen LogP contribution in [0.2, 0.25) is 0 Å². The maximum Gasteiger partial charge on any atom is 0.225 e. The molecule has 73 heavy (non-hydrogen) atoms. The molecule has 0 aliphatic carbocycles. The van der Waals surface area contributed by atoms with Gasteiger partial charge >= 0.3 is 0 Å². The molecule has 7 rings (SSSR count). The van der Waals surface area contributed by atoms with E-state index in [9.17, 15) is 9.59 Å². The van der Waals surface area contributed by atoms with Gasteiger partial charge in [0.05, 0.1) is 18.0 Å². The summed E-state index contributed by atoms with van der Waals surface area (Å²) < 4.78 is 6.62. The van der Waals surface area contributed by atoms with Gasteiger partial charge in [-0.25, -0.2) is 9.97 Å². The molecule has 0 saturated heterocycles. The third-order valence-corrected chi connectivity index (χ3v) is 12.5. The Hall–Kier alpha value is -7.28. The molecule has 0 radical (unpaired) electrons. The number of nitrogens with one attached hydrogen (secondary N) is 4. The number of hydrogen-bond donors (Lipinski definition) is 4. The van der Waals surface area contributed by atoms with E-state index in [1.54, 1.807) is 0 Å². The average Bonchev–Trinajstić information content (AvgIpc) is 3.40. The first-order valence-electron chi connectivity index (χ1n) is 26.3. The van der Waals surface area contributed by atoms with E-state index in [4.69, 9.17) is 24.7 Å². The quantitative estimate of drug-likeness (QED) is 0.0310. The van der Waals surface area contributed by atoms with Gasteiger partial charge in [0.25, 0.3) is 0 Å². The lowest BCUT2D eigenvalue weighted by Gasteiger charge is -2.24. The lowest BCUT2D eigenvalue weighted by molar-refractivity contribution is -0.117. The van der Waals surface area contributed by atoms with Gasteiger partial charge in [-0.3, -0.25) is 24.5 Å². The van der Waals surface area contributed by atoms with Crippen LogP contribution in [0.5, 0.6) is 5.75 Å². The van der Waals surface area contributed by atoms with Gasteiger partial charge < -0.3 is 26.0 Å². The molecule has 4 heterocycles. The van der Waals surface area contributed by atoms with E-state index in [1.807, 2.05) is 91.3 Å². The molecular formula is C61H73N9O3. The van der Waals surface area contributed by atoms with Crippen molar-refractivity contribution in [2.75, 3.05) is 29.1 Å². The number of nitrogens with zero attached hydrogens (tertiary/aromatic N) is 5. The minimum atomic E-state index is -0.102. The largest absolute Gasteiger partial charge is 0.494 e. The predicted molar refractivity (Wildman–Crippen MR) is 295 cm³/mol. The van der Waals surface area contributed by atoms with E-state index in [1.165, 1.54) is 16.7 Å². The van der Waals surface area contributed by atoms with Crippen molar-refractivity contribution in [2.45, 2.75) is 123 Å². The van der Waals surface area contributed by atoms with Gasteiger partial charge in [-0.2, -0.15) is 0 Å². The van der Waals surface area contributed by atoms with Crippen LogP contribution in [0.25, 0.3) is 11.1 Å². The minimum absolute atomic E-state index is 0.0158. The van der Waals surface area contributed by atoms with Crippen LogP contribution >= 0.6 is 0 Å². The van der Waals surface area contributed by atoms with E-state index in [2.05, 4.69) is 107 Å². The predicted octanol–water partition coefficient (Wildman–Crippen LogP) is 12.4. The van der Waals surface area contributed by atoms with Crippen LogP contribution in [-0.2, 0) is 48.6 Å². The molecule has 7 aromatic rings. The number of carbonyl (C=O) groups excluding carboxylic acids is 2. The highest BCUT2D eigenvalue weighted by atomic mass is 16.5. The first kappa shape index (κ1) is 53.5. The van der Waals surface area contributed by atoms with Crippen molar-refractivity contribution in [1.29, 1.82) is 0 Å². The summed E-state index contributed by atoms with van der Waals surface area (Å²) in [5, 5.41) is 13.3. The van der Waals surface area contributed by atoms with E-state index in [0.717, 1.165) is 98.4 Å². The molecule has 0 fully saturated rings. The fraction of sp³-hybridized carbons (Fsp3) is 0.344. The number of pyridine rings is 4. The summed E-state index contributed by atoms with van der Waals surface area (Å²) in [5.41, 5.74) is 8.64. The van der Waals surface area contributed by atoms with Crippen molar-refractivity contribution < 1.29 is 14.3 Å². The number of aromatic nitrogens is 4. The molecule has 2 amide bonds. The molecule has 12 nitrogen and oxygen atoms in total. The summed E-state index contributed by atoms with van der Waals surface area (Å²) in [6.45, 7) is 8.24. The maximum absolute atomic E-state index is 12.8. The summed E-state index contributed by atoms with van der Waals surface area (Å²) in [6, 6.07) is 49.2. The summed E-state index contributed by atoms with van der Waals surface area (Å²) in [5.74, 6) is 2.52. The third-order valence-electron chi connectivity index (χ3n) is 12.5. The fourth-order valence-electron chi connectivity index (χ4n) is 8.76. The zero-order valence-corrected chi connectivity index (χ0v) is 42.8. The summed E-state index contributed by atoms with van der Waals surface area (Å²) in [6.07, 6.45) is 13.6. The Bertz CT molecular complexity index is 2570. The number of benzene rings is 3. The zero-order valence-electron chi connectivity index (χ0n) is 42.8. The molecule has 1 unspecified atom stereocenters. The standard InChI is InChI=1S/C61H73N9O3/c1-3-5-8-28-60(71)68-58-25-18-24-54(65-58)46-70(45-53-23-13-15-36-64-53)44-49-38-48(40-56(41-49)73-37-17-16-34-62-43-47-30-32-51(33-31-47)50-20-10-7-11-21-50)39-55(42-52-22-12-14-35-63-52)66-57-26-19-27-59(67-57)69-61(72)29-9-6-4-2/h7,10-15,18-27,30-33,35-36,38,40-41,55,62H,3-6,8-9,16-17,28-29,34,37,39,42-46H2,1-2H3,(H,65,68,71)(H2,66,67,69,72). The normalized spacial score (nSPS) is 11.5. The van der Waals surface area contributed by atoms with Crippen LogP contribution < -0.4 is 26.0 Å². The Morgan fingerprint density at radius 1 is 0.534 bits per heavy atom. The van der Waals surface area contributed by atoms with Crippen molar-refractivity contribution in [1.82, 2.24) is 30.2 Å². The Kier molecular flexibility index (Phi) is 21.9.